The Morgan fingerprint density at radius 3 is 2.88 bits per heavy atom. The molecule has 1 unspecified atom stereocenters. The van der Waals surface area contributed by atoms with Crippen molar-refractivity contribution in [2.24, 2.45) is 0 Å². The molecule has 1 atom stereocenters. The summed E-state index contributed by atoms with van der Waals surface area (Å²) >= 11 is 1.78. The molecule has 0 spiro atoms. The van der Waals surface area contributed by atoms with Crippen LogP contribution in [0, 0.1) is 0 Å². The van der Waals surface area contributed by atoms with Crippen molar-refractivity contribution in [3.05, 3.63) is 16.6 Å². The molecule has 96 valence electrons. The molecule has 2 heterocycles. The number of piperidine rings is 1. The van der Waals surface area contributed by atoms with Crippen LogP contribution in [0.15, 0.2) is 11.6 Å². The van der Waals surface area contributed by atoms with Gasteiger partial charge in [-0.2, -0.15) is 0 Å². The maximum atomic E-state index is 4.41. The van der Waals surface area contributed by atoms with Crippen molar-refractivity contribution in [2.45, 2.75) is 38.6 Å². The standard InChI is InChI=1S/C13H23N3S/c1-3-14-12-4-7-16(8-5-12)10-11(2)13-15-6-9-17-13/h6,9,11-12,14H,3-5,7-8,10H2,1-2H3. The maximum absolute atomic E-state index is 4.41. The zero-order chi connectivity index (χ0) is 12.1. The molecule has 4 heteroatoms. The Morgan fingerprint density at radius 2 is 2.29 bits per heavy atom. The molecule has 1 fully saturated rings. The van der Waals surface area contributed by atoms with E-state index in [4.69, 9.17) is 0 Å². The second kappa shape index (κ2) is 6.47. The van der Waals surface area contributed by atoms with E-state index in [1.54, 1.807) is 11.3 Å². The Hall–Kier alpha value is -0.450. The van der Waals surface area contributed by atoms with E-state index < -0.39 is 0 Å². The summed E-state index contributed by atoms with van der Waals surface area (Å²) in [6, 6.07) is 0.742. The van der Waals surface area contributed by atoms with E-state index in [0.717, 1.165) is 19.1 Å². The Bertz CT molecular complexity index is 304. The summed E-state index contributed by atoms with van der Waals surface area (Å²) in [6.45, 7) is 9.19. The first-order valence-corrected chi connectivity index (χ1v) is 7.52. The first-order chi connectivity index (χ1) is 8.29. The third-order valence-electron chi connectivity index (χ3n) is 3.49. The molecule has 0 aromatic carbocycles. The van der Waals surface area contributed by atoms with Gasteiger partial charge in [-0.05, 0) is 32.5 Å². The molecule has 0 radical (unpaired) electrons. The summed E-state index contributed by atoms with van der Waals surface area (Å²) in [4.78, 5) is 6.99. The van der Waals surface area contributed by atoms with Crippen molar-refractivity contribution in [3.63, 3.8) is 0 Å². The predicted octanol–water partition coefficient (Wildman–Crippen LogP) is 2.32. The normalized spacial score (nSPS) is 20.6. The zero-order valence-electron chi connectivity index (χ0n) is 10.9. The topological polar surface area (TPSA) is 28.2 Å². The fourth-order valence-electron chi connectivity index (χ4n) is 2.55. The maximum Gasteiger partial charge on any atom is 0.0965 e. The average molecular weight is 253 g/mol. The summed E-state index contributed by atoms with van der Waals surface area (Å²) in [5.41, 5.74) is 0. The number of likely N-dealkylation sites (tertiary alicyclic amines) is 1. The van der Waals surface area contributed by atoms with E-state index in [2.05, 4.69) is 34.4 Å². The Labute approximate surface area is 108 Å². The lowest BCUT2D eigenvalue weighted by atomic mass is 10.0. The highest BCUT2D eigenvalue weighted by Crippen LogP contribution is 2.20. The molecule has 1 saturated heterocycles. The van der Waals surface area contributed by atoms with E-state index in [0.29, 0.717) is 5.92 Å². The van der Waals surface area contributed by atoms with Gasteiger partial charge < -0.3 is 10.2 Å². The summed E-state index contributed by atoms with van der Waals surface area (Å²) in [5, 5.41) is 6.90. The number of nitrogens with zero attached hydrogens (tertiary/aromatic N) is 2. The van der Waals surface area contributed by atoms with Crippen LogP contribution in [0.5, 0.6) is 0 Å². The van der Waals surface area contributed by atoms with Crippen molar-refractivity contribution in [2.75, 3.05) is 26.2 Å². The molecular formula is C13H23N3S. The van der Waals surface area contributed by atoms with E-state index in [1.807, 2.05) is 6.20 Å². The number of rotatable bonds is 5. The van der Waals surface area contributed by atoms with Gasteiger partial charge in [-0.25, -0.2) is 4.98 Å². The van der Waals surface area contributed by atoms with Crippen LogP contribution in [0.25, 0.3) is 0 Å². The zero-order valence-corrected chi connectivity index (χ0v) is 11.7. The highest BCUT2D eigenvalue weighted by atomic mass is 32.1. The molecule has 1 aliphatic rings. The summed E-state index contributed by atoms with van der Waals surface area (Å²) in [6.07, 6.45) is 4.49. The van der Waals surface area contributed by atoms with Gasteiger partial charge in [0.25, 0.3) is 0 Å². The molecule has 1 N–H and O–H groups in total. The van der Waals surface area contributed by atoms with E-state index in [-0.39, 0.29) is 0 Å². The van der Waals surface area contributed by atoms with Crippen LogP contribution >= 0.6 is 11.3 Å². The van der Waals surface area contributed by atoms with Gasteiger partial charge in [0, 0.05) is 30.1 Å². The van der Waals surface area contributed by atoms with Crippen molar-refractivity contribution < 1.29 is 0 Å². The molecule has 0 saturated carbocycles. The SMILES string of the molecule is CCNC1CCN(CC(C)c2nccs2)CC1. The predicted molar refractivity (Wildman–Crippen MR) is 73.7 cm³/mol. The Balaban J connectivity index is 1.74. The molecule has 0 bridgehead atoms. The molecule has 17 heavy (non-hydrogen) atoms. The minimum Gasteiger partial charge on any atom is -0.314 e. The third kappa shape index (κ3) is 3.76. The molecule has 2 rings (SSSR count). The van der Waals surface area contributed by atoms with Gasteiger partial charge in [0.2, 0.25) is 0 Å². The fraction of sp³-hybridized carbons (Fsp3) is 0.769. The van der Waals surface area contributed by atoms with Gasteiger partial charge in [-0.3, -0.25) is 0 Å². The van der Waals surface area contributed by atoms with Crippen LogP contribution in [0.3, 0.4) is 0 Å². The van der Waals surface area contributed by atoms with E-state index in [1.165, 1.54) is 30.9 Å². The first kappa shape index (κ1) is 13.0. The van der Waals surface area contributed by atoms with Crippen molar-refractivity contribution in [1.82, 2.24) is 15.2 Å². The van der Waals surface area contributed by atoms with Crippen LogP contribution in [0.2, 0.25) is 0 Å². The Kier molecular flexibility index (Phi) is 4.95. The second-order valence-corrected chi connectivity index (χ2v) is 5.83. The van der Waals surface area contributed by atoms with Crippen molar-refractivity contribution in [1.29, 1.82) is 0 Å². The number of hydrogen-bond donors (Lipinski definition) is 1. The van der Waals surface area contributed by atoms with Gasteiger partial charge >= 0.3 is 0 Å². The van der Waals surface area contributed by atoms with Crippen LogP contribution in [0.4, 0.5) is 0 Å². The molecule has 1 aromatic heterocycles. The lowest BCUT2D eigenvalue weighted by molar-refractivity contribution is 0.191. The monoisotopic (exact) mass is 253 g/mol. The van der Waals surface area contributed by atoms with Crippen LogP contribution in [-0.4, -0.2) is 42.1 Å². The quantitative estimate of drug-likeness (QED) is 0.873. The molecule has 1 aromatic rings. The van der Waals surface area contributed by atoms with Gasteiger partial charge in [0.1, 0.15) is 0 Å². The average Bonchev–Trinajstić information content (AvgIpc) is 2.86. The lowest BCUT2D eigenvalue weighted by Gasteiger charge is -2.33. The van der Waals surface area contributed by atoms with Crippen molar-refractivity contribution in [3.8, 4) is 0 Å². The number of aromatic nitrogens is 1. The van der Waals surface area contributed by atoms with Gasteiger partial charge in [0.05, 0.1) is 5.01 Å². The van der Waals surface area contributed by atoms with Gasteiger partial charge in [-0.1, -0.05) is 13.8 Å². The largest absolute Gasteiger partial charge is 0.314 e. The minimum atomic E-state index is 0.575. The molecule has 1 aliphatic heterocycles. The number of nitrogens with one attached hydrogen (secondary N) is 1. The smallest absolute Gasteiger partial charge is 0.0965 e. The highest BCUT2D eigenvalue weighted by molar-refractivity contribution is 7.09. The summed E-state index contributed by atoms with van der Waals surface area (Å²) in [7, 11) is 0. The van der Waals surface area contributed by atoms with Gasteiger partial charge in [0.15, 0.2) is 0 Å². The third-order valence-corrected chi connectivity index (χ3v) is 4.49. The lowest BCUT2D eigenvalue weighted by Crippen LogP contribution is -2.43. The molecule has 3 nitrogen and oxygen atoms in total. The number of thiazole rings is 1. The van der Waals surface area contributed by atoms with Crippen LogP contribution in [0.1, 0.15) is 37.6 Å². The summed E-state index contributed by atoms with van der Waals surface area (Å²) < 4.78 is 0. The fourth-order valence-corrected chi connectivity index (χ4v) is 3.24. The molecule has 0 amide bonds. The first-order valence-electron chi connectivity index (χ1n) is 6.64. The number of hydrogen-bond acceptors (Lipinski definition) is 4. The highest BCUT2D eigenvalue weighted by Gasteiger charge is 2.20. The summed E-state index contributed by atoms with van der Waals surface area (Å²) in [5.74, 6) is 0.575. The van der Waals surface area contributed by atoms with Crippen LogP contribution in [-0.2, 0) is 0 Å². The second-order valence-electron chi connectivity index (χ2n) is 4.90. The minimum absolute atomic E-state index is 0.575. The van der Waals surface area contributed by atoms with E-state index >= 15 is 0 Å². The van der Waals surface area contributed by atoms with Crippen LogP contribution < -0.4 is 5.32 Å². The van der Waals surface area contributed by atoms with Gasteiger partial charge in [-0.15, -0.1) is 11.3 Å². The molecule has 0 aliphatic carbocycles. The van der Waals surface area contributed by atoms with Crippen molar-refractivity contribution >= 4 is 11.3 Å². The Morgan fingerprint density at radius 1 is 1.53 bits per heavy atom. The van der Waals surface area contributed by atoms with E-state index in [9.17, 15) is 0 Å². The molecular weight excluding hydrogens is 230 g/mol.